The van der Waals surface area contributed by atoms with Crippen LogP contribution in [0.4, 0.5) is 5.69 Å². The molecule has 0 aromatic heterocycles. The van der Waals surface area contributed by atoms with Crippen LogP contribution in [0.15, 0.2) is 29.4 Å². The van der Waals surface area contributed by atoms with E-state index in [0.29, 0.717) is 12.3 Å². The normalized spacial score (nSPS) is 11.1. The summed E-state index contributed by atoms with van der Waals surface area (Å²) in [6, 6.07) is 8.16. The molecule has 1 aromatic rings. The first-order valence-corrected chi connectivity index (χ1v) is 7.23. The molecule has 0 aliphatic heterocycles. The fraction of sp³-hybridized carbons (Fsp3) is 0.500. The Balaban J connectivity index is 2.55. The van der Waals surface area contributed by atoms with Crippen LogP contribution in [0, 0.1) is 5.92 Å². The molecular formula is C16H25N3O. The SMILES string of the molecule is CCN(CC)c1ccc(/C=N\NC(=O)CC(C)C)cc1. The molecule has 0 aliphatic rings. The van der Waals surface area contributed by atoms with Gasteiger partial charge in [0.15, 0.2) is 0 Å². The summed E-state index contributed by atoms with van der Waals surface area (Å²) in [4.78, 5) is 13.7. The minimum atomic E-state index is -0.0454. The average Bonchev–Trinajstić information content (AvgIpc) is 2.41. The van der Waals surface area contributed by atoms with E-state index in [1.54, 1.807) is 6.21 Å². The Labute approximate surface area is 121 Å². The zero-order chi connectivity index (χ0) is 15.0. The number of amides is 1. The molecule has 0 bridgehead atoms. The molecule has 20 heavy (non-hydrogen) atoms. The lowest BCUT2D eigenvalue weighted by Gasteiger charge is -2.20. The van der Waals surface area contributed by atoms with Gasteiger partial charge in [0.2, 0.25) is 5.91 Å². The van der Waals surface area contributed by atoms with Crippen molar-refractivity contribution < 1.29 is 4.79 Å². The topological polar surface area (TPSA) is 44.7 Å². The van der Waals surface area contributed by atoms with Gasteiger partial charge in [0.1, 0.15) is 0 Å². The molecule has 1 amide bonds. The first-order chi connectivity index (χ1) is 9.56. The summed E-state index contributed by atoms with van der Waals surface area (Å²) in [5.41, 5.74) is 4.72. The second kappa shape index (κ2) is 8.35. The van der Waals surface area contributed by atoms with Crippen LogP contribution < -0.4 is 10.3 Å². The molecule has 0 aliphatic carbocycles. The van der Waals surface area contributed by atoms with Gasteiger partial charge in [-0.2, -0.15) is 5.10 Å². The molecule has 1 N–H and O–H groups in total. The van der Waals surface area contributed by atoms with Crippen LogP contribution >= 0.6 is 0 Å². The molecule has 0 saturated heterocycles. The monoisotopic (exact) mass is 275 g/mol. The second-order valence-electron chi connectivity index (χ2n) is 5.15. The van der Waals surface area contributed by atoms with Crippen molar-refractivity contribution >= 4 is 17.8 Å². The van der Waals surface area contributed by atoms with Gasteiger partial charge in [-0.15, -0.1) is 0 Å². The second-order valence-corrected chi connectivity index (χ2v) is 5.15. The highest BCUT2D eigenvalue weighted by atomic mass is 16.2. The maximum Gasteiger partial charge on any atom is 0.240 e. The lowest BCUT2D eigenvalue weighted by molar-refractivity contribution is -0.121. The van der Waals surface area contributed by atoms with Crippen LogP contribution in [0.2, 0.25) is 0 Å². The minimum absolute atomic E-state index is 0.0454. The lowest BCUT2D eigenvalue weighted by Crippen LogP contribution is -2.21. The number of hydrogen-bond donors (Lipinski definition) is 1. The molecule has 4 heteroatoms. The average molecular weight is 275 g/mol. The van der Waals surface area contributed by atoms with Gasteiger partial charge < -0.3 is 4.90 Å². The number of hydrogen-bond acceptors (Lipinski definition) is 3. The Morgan fingerprint density at radius 1 is 1.25 bits per heavy atom. The first-order valence-electron chi connectivity index (χ1n) is 7.23. The third-order valence-corrected chi connectivity index (χ3v) is 3.02. The van der Waals surface area contributed by atoms with E-state index in [1.807, 2.05) is 26.0 Å². The molecule has 1 aromatic carbocycles. The number of anilines is 1. The van der Waals surface area contributed by atoms with Crippen molar-refractivity contribution in [1.82, 2.24) is 5.43 Å². The lowest BCUT2D eigenvalue weighted by atomic mass is 10.1. The standard InChI is InChI=1S/C16H25N3O/c1-5-19(6-2)15-9-7-14(8-10-15)12-17-18-16(20)11-13(3)4/h7-10,12-13H,5-6,11H2,1-4H3,(H,18,20)/b17-12-. The Kier molecular flexibility index (Phi) is 6.77. The summed E-state index contributed by atoms with van der Waals surface area (Å²) >= 11 is 0. The summed E-state index contributed by atoms with van der Waals surface area (Å²) in [5.74, 6) is 0.301. The van der Waals surface area contributed by atoms with Crippen molar-refractivity contribution in [3.8, 4) is 0 Å². The summed E-state index contributed by atoms with van der Waals surface area (Å²) in [6.07, 6.45) is 2.17. The smallest absolute Gasteiger partial charge is 0.240 e. The number of nitrogens with zero attached hydrogens (tertiary/aromatic N) is 2. The van der Waals surface area contributed by atoms with E-state index in [-0.39, 0.29) is 5.91 Å². The molecule has 0 atom stereocenters. The molecule has 110 valence electrons. The van der Waals surface area contributed by atoms with Crippen LogP contribution in [0.1, 0.15) is 39.7 Å². The van der Waals surface area contributed by atoms with Crippen molar-refractivity contribution in [2.45, 2.75) is 34.1 Å². The van der Waals surface area contributed by atoms with Crippen molar-refractivity contribution in [1.29, 1.82) is 0 Å². The minimum Gasteiger partial charge on any atom is -0.372 e. The number of carbonyl (C=O) groups is 1. The zero-order valence-corrected chi connectivity index (χ0v) is 12.9. The predicted octanol–water partition coefficient (Wildman–Crippen LogP) is 3.03. The summed E-state index contributed by atoms with van der Waals surface area (Å²) in [5, 5.41) is 3.97. The Hall–Kier alpha value is -1.84. The molecule has 0 fully saturated rings. The van der Waals surface area contributed by atoms with Crippen LogP contribution in [0.25, 0.3) is 0 Å². The highest BCUT2D eigenvalue weighted by Crippen LogP contribution is 2.13. The van der Waals surface area contributed by atoms with Gasteiger partial charge in [-0.1, -0.05) is 26.0 Å². The number of hydrazone groups is 1. The zero-order valence-electron chi connectivity index (χ0n) is 12.9. The van der Waals surface area contributed by atoms with Crippen molar-refractivity contribution in [3.05, 3.63) is 29.8 Å². The number of rotatable bonds is 7. The van der Waals surface area contributed by atoms with E-state index < -0.39 is 0 Å². The van der Waals surface area contributed by atoms with Gasteiger partial charge in [-0.3, -0.25) is 4.79 Å². The van der Waals surface area contributed by atoms with E-state index in [0.717, 1.165) is 18.7 Å². The largest absolute Gasteiger partial charge is 0.372 e. The van der Waals surface area contributed by atoms with E-state index >= 15 is 0 Å². The summed E-state index contributed by atoms with van der Waals surface area (Å²) < 4.78 is 0. The summed E-state index contributed by atoms with van der Waals surface area (Å²) in [7, 11) is 0. The molecule has 0 heterocycles. The number of nitrogens with one attached hydrogen (secondary N) is 1. The van der Waals surface area contributed by atoms with Gasteiger partial charge in [-0.05, 0) is 37.5 Å². The van der Waals surface area contributed by atoms with Crippen LogP contribution in [0.3, 0.4) is 0 Å². The number of carbonyl (C=O) groups excluding carboxylic acids is 1. The van der Waals surface area contributed by atoms with Gasteiger partial charge in [0.05, 0.1) is 6.21 Å². The van der Waals surface area contributed by atoms with Gasteiger partial charge in [0.25, 0.3) is 0 Å². The highest BCUT2D eigenvalue weighted by Gasteiger charge is 2.03. The van der Waals surface area contributed by atoms with Gasteiger partial charge >= 0.3 is 0 Å². The molecule has 0 spiro atoms. The molecule has 1 rings (SSSR count). The van der Waals surface area contributed by atoms with Crippen molar-refractivity contribution in [2.75, 3.05) is 18.0 Å². The Bertz CT molecular complexity index is 434. The predicted molar refractivity (Wildman–Crippen MR) is 85.2 cm³/mol. The fourth-order valence-corrected chi connectivity index (χ4v) is 1.96. The van der Waals surface area contributed by atoms with Crippen molar-refractivity contribution in [3.63, 3.8) is 0 Å². The molecular weight excluding hydrogens is 250 g/mol. The highest BCUT2D eigenvalue weighted by molar-refractivity contribution is 5.82. The van der Waals surface area contributed by atoms with Crippen molar-refractivity contribution in [2.24, 2.45) is 11.0 Å². The third-order valence-electron chi connectivity index (χ3n) is 3.02. The van der Waals surface area contributed by atoms with Crippen LogP contribution in [-0.2, 0) is 4.79 Å². The molecule has 4 nitrogen and oxygen atoms in total. The van der Waals surface area contributed by atoms with Gasteiger partial charge in [-0.25, -0.2) is 5.43 Å². The van der Waals surface area contributed by atoms with Crippen LogP contribution in [0.5, 0.6) is 0 Å². The Morgan fingerprint density at radius 3 is 2.35 bits per heavy atom. The maximum absolute atomic E-state index is 11.4. The van der Waals surface area contributed by atoms with E-state index in [9.17, 15) is 4.79 Å². The fourth-order valence-electron chi connectivity index (χ4n) is 1.96. The molecule has 0 unspecified atom stereocenters. The van der Waals surface area contributed by atoms with E-state index in [1.165, 1.54) is 5.69 Å². The quantitative estimate of drug-likeness (QED) is 0.614. The first kappa shape index (κ1) is 16.2. The molecule has 0 radical (unpaired) electrons. The van der Waals surface area contributed by atoms with E-state index in [4.69, 9.17) is 0 Å². The summed E-state index contributed by atoms with van der Waals surface area (Å²) in [6.45, 7) is 10.3. The maximum atomic E-state index is 11.4. The van der Waals surface area contributed by atoms with Gasteiger partial charge in [0, 0.05) is 25.2 Å². The Morgan fingerprint density at radius 2 is 1.85 bits per heavy atom. The molecule has 0 saturated carbocycles. The van der Waals surface area contributed by atoms with E-state index in [2.05, 4.69) is 41.4 Å². The van der Waals surface area contributed by atoms with Crippen LogP contribution in [-0.4, -0.2) is 25.2 Å². The third kappa shape index (κ3) is 5.43. The number of benzene rings is 1.